The number of halogens is 2. The van der Waals surface area contributed by atoms with Crippen LogP contribution < -0.4 is 4.74 Å². The Bertz CT molecular complexity index is 620. The van der Waals surface area contributed by atoms with Gasteiger partial charge in [0.25, 0.3) is 0 Å². The number of esters is 1. The van der Waals surface area contributed by atoms with E-state index in [4.69, 9.17) is 9.26 Å². The van der Waals surface area contributed by atoms with Crippen molar-refractivity contribution in [3.63, 3.8) is 0 Å². The Kier molecular flexibility index (Phi) is 4.52. The first kappa shape index (κ1) is 15.0. The monoisotopic (exact) mass is 297 g/mol. The summed E-state index contributed by atoms with van der Waals surface area (Å²) in [7, 11) is 0. The summed E-state index contributed by atoms with van der Waals surface area (Å²) in [5.74, 6) is -0.445. The third-order valence-corrected chi connectivity index (χ3v) is 2.85. The Morgan fingerprint density at radius 1 is 1.33 bits per heavy atom. The zero-order valence-electron chi connectivity index (χ0n) is 11.4. The van der Waals surface area contributed by atoms with Crippen LogP contribution in [0.15, 0.2) is 28.8 Å². The van der Waals surface area contributed by atoms with Crippen LogP contribution in [0.5, 0.6) is 5.75 Å². The summed E-state index contributed by atoms with van der Waals surface area (Å²) in [6.45, 7) is 0.342. The number of carbonyl (C=O) groups excluding carboxylic acids is 1. The standard InChI is InChI=1S/C14H13F2NO4/c1-8-11(9(2)21-17-8)7-19-13(18)10-5-3-4-6-12(10)20-14(15)16/h3-6,14H,7H2,1-2H3. The van der Waals surface area contributed by atoms with Gasteiger partial charge >= 0.3 is 12.6 Å². The number of hydrogen-bond donors (Lipinski definition) is 0. The van der Waals surface area contributed by atoms with Crippen LogP contribution in [0.2, 0.25) is 0 Å². The minimum Gasteiger partial charge on any atom is -0.457 e. The Morgan fingerprint density at radius 2 is 2.05 bits per heavy atom. The number of hydrogen-bond acceptors (Lipinski definition) is 5. The lowest BCUT2D eigenvalue weighted by molar-refractivity contribution is -0.0504. The van der Waals surface area contributed by atoms with Crippen molar-refractivity contribution >= 4 is 5.97 Å². The number of rotatable bonds is 5. The van der Waals surface area contributed by atoms with E-state index in [0.29, 0.717) is 17.0 Å². The van der Waals surface area contributed by atoms with E-state index < -0.39 is 12.6 Å². The highest BCUT2D eigenvalue weighted by molar-refractivity contribution is 5.92. The number of alkyl halides is 2. The van der Waals surface area contributed by atoms with Crippen molar-refractivity contribution in [3.8, 4) is 5.75 Å². The van der Waals surface area contributed by atoms with E-state index in [1.54, 1.807) is 13.8 Å². The number of benzene rings is 1. The highest BCUT2D eigenvalue weighted by Gasteiger charge is 2.18. The van der Waals surface area contributed by atoms with Crippen LogP contribution in [-0.4, -0.2) is 17.7 Å². The molecule has 7 heteroatoms. The number of aromatic nitrogens is 1. The average molecular weight is 297 g/mol. The average Bonchev–Trinajstić information content (AvgIpc) is 2.75. The Balaban J connectivity index is 2.10. The van der Waals surface area contributed by atoms with Crippen molar-refractivity contribution in [1.29, 1.82) is 0 Å². The van der Waals surface area contributed by atoms with E-state index >= 15 is 0 Å². The maximum Gasteiger partial charge on any atom is 0.387 e. The van der Waals surface area contributed by atoms with E-state index in [0.717, 1.165) is 0 Å². The van der Waals surface area contributed by atoms with Crippen molar-refractivity contribution in [2.75, 3.05) is 0 Å². The molecule has 0 atom stereocenters. The number of para-hydroxylation sites is 1. The molecule has 1 heterocycles. The Hall–Kier alpha value is -2.44. The predicted octanol–water partition coefficient (Wildman–Crippen LogP) is 3.25. The largest absolute Gasteiger partial charge is 0.457 e. The van der Waals surface area contributed by atoms with Crippen molar-refractivity contribution in [1.82, 2.24) is 5.16 Å². The number of carbonyl (C=O) groups is 1. The van der Waals surface area contributed by atoms with Gasteiger partial charge in [-0.2, -0.15) is 8.78 Å². The maximum atomic E-state index is 12.3. The fraction of sp³-hybridized carbons (Fsp3) is 0.286. The van der Waals surface area contributed by atoms with Gasteiger partial charge in [-0.3, -0.25) is 0 Å². The smallest absolute Gasteiger partial charge is 0.387 e. The topological polar surface area (TPSA) is 61.6 Å². The molecule has 0 aliphatic rings. The minimum atomic E-state index is -3.01. The summed E-state index contributed by atoms with van der Waals surface area (Å²) < 4.78 is 38.9. The number of ether oxygens (including phenoxy) is 2. The molecule has 0 N–H and O–H groups in total. The lowest BCUT2D eigenvalue weighted by Gasteiger charge is -2.10. The highest BCUT2D eigenvalue weighted by atomic mass is 19.3. The summed E-state index contributed by atoms with van der Waals surface area (Å²) in [5, 5.41) is 3.73. The van der Waals surface area contributed by atoms with Crippen LogP contribution in [-0.2, 0) is 11.3 Å². The Labute approximate surface area is 119 Å². The summed E-state index contributed by atoms with van der Waals surface area (Å²) >= 11 is 0. The first-order valence-corrected chi connectivity index (χ1v) is 6.11. The van der Waals surface area contributed by atoms with Gasteiger partial charge in [0, 0.05) is 0 Å². The van der Waals surface area contributed by atoms with Gasteiger partial charge in [0.1, 0.15) is 23.7 Å². The lowest BCUT2D eigenvalue weighted by Crippen LogP contribution is -2.11. The first-order chi connectivity index (χ1) is 9.99. The fourth-order valence-electron chi connectivity index (χ4n) is 1.76. The van der Waals surface area contributed by atoms with Crippen LogP contribution in [0.4, 0.5) is 8.78 Å². The van der Waals surface area contributed by atoms with Crippen molar-refractivity contribution in [2.24, 2.45) is 0 Å². The van der Waals surface area contributed by atoms with E-state index in [9.17, 15) is 13.6 Å². The molecule has 21 heavy (non-hydrogen) atoms. The molecule has 0 spiro atoms. The van der Waals surface area contributed by atoms with Gasteiger partial charge < -0.3 is 14.0 Å². The van der Waals surface area contributed by atoms with Crippen LogP contribution in [0.25, 0.3) is 0 Å². The molecule has 0 saturated heterocycles. The molecule has 2 rings (SSSR count). The molecule has 0 saturated carbocycles. The van der Waals surface area contributed by atoms with Gasteiger partial charge in [-0.1, -0.05) is 17.3 Å². The molecule has 0 bridgehead atoms. The SMILES string of the molecule is Cc1noc(C)c1COC(=O)c1ccccc1OC(F)F. The van der Waals surface area contributed by atoms with Gasteiger partial charge in [0.15, 0.2) is 0 Å². The van der Waals surface area contributed by atoms with Gasteiger partial charge in [0.2, 0.25) is 0 Å². The van der Waals surface area contributed by atoms with Crippen molar-refractivity contribution in [2.45, 2.75) is 27.1 Å². The van der Waals surface area contributed by atoms with E-state index in [1.165, 1.54) is 24.3 Å². The highest BCUT2D eigenvalue weighted by Crippen LogP contribution is 2.22. The van der Waals surface area contributed by atoms with Crippen molar-refractivity contribution in [3.05, 3.63) is 46.8 Å². The second-order valence-corrected chi connectivity index (χ2v) is 4.25. The third kappa shape index (κ3) is 3.56. The summed E-state index contributed by atoms with van der Waals surface area (Å²) in [6.07, 6.45) is 0. The van der Waals surface area contributed by atoms with Crippen molar-refractivity contribution < 1.29 is 27.6 Å². The molecule has 0 aliphatic carbocycles. The summed E-state index contributed by atoms with van der Waals surface area (Å²) in [5.41, 5.74) is 1.19. The minimum absolute atomic E-state index is 0.0526. The zero-order chi connectivity index (χ0) is 15.4. The maximum absolute atomic E-state index is 12.3. The molecule has 0 fully saturated rings. The van der Waals surface area contributed by atoms with Gasteiger partial charge in [-0.25, -0.2) is 4.79 Å². The molecule has 5 nitrogen and oxygen atoms in total. The summed E-state index contributed by atoms with van der Waals surface area (Å²) in [4.78, 5) is 12.0. The van der Waals surface area contributed by atoms with Crippen LogP contribution in [0.3, 0.4) is 0 Å². The Morgan fingerprint density at radius 3 is 2.67 bits per heavy atom. The first-order valence-electron chi connectivity index (χ1n) is 6.11. The zero-order valence-corrected chi connectivity index (χ0v) is 11.4. The van der Waals surface area contributed by atoms with E-state index in [-0.39, 0.29) is 17.9 Å². The molecule has 112 valence electrons. The number of aryl methyl sites for hydroxylation is 2. The fourth-order valence-corrected chi connectivity index (χ4v) is 1.76. The van der Waals surface area contributed by atoms with E-state index in [2.05, 4.69) is 9.89 Å². The van der Waals surface area contributed by atoms with Crippen LogP contribution >= 0.6 is 0 Å². The quantitative estimate of drug-likeness (QED) is 0.793. The molecule has 0 radical (unpaired) electrons. The lowest BCUT2D eigenvalue weighted by atomic mass is 10.2. The number of nitrogens with zero attached hydrogens (tertiary/aromatic N) is 1. The van der Waals surface area contributed by atoms with Crippen LogP contribution in [0, 0.1) is 13.8 Å². The molecular weight excluding hydrogens is 284 g/mol. The van der Waals surface area contributed by atoms with Gasteiger partial charge in [-0.15, -0.1) is 0 Å². The molecule has 0 amide bonds. The molecule has 2 aromatic rings. The second kappa shape index (κ2) is 6.34. The molecular formula is C14H13F2NO4. The second-order valence-electron chi connectivity index (χ2n) is 4.25. The van der Waals surface area contributed by atoms with E-state index in [1.807, 2.05) is 0 Å². The molecule has 1 aromatic heterocycles. The molecule has 1 aromatic carbocycles. The normalized spacial score (nSPS) is 10.7. The van der Waals surface area contributed by atoms with Gasteiger partial charge in [0.05, 0.1) is 11.3 Å². The van der Waals surface area contributed by atoms with Gasteiger partial charge in [-0.05, 0) is 26.0 Å². The predicted molar refractivity (Wildman–Crippen MR) is 68.2 cm³/mol. The third-order valence-electron chi connectivity index (χ3n) is 2.85. The summed E-state index contributed by atoms with van der Waals surface area (Å²) in [6, 6.07) is 5.65. The molecule has 0 unspecified atom stereocenters. The molecule has 0 aliphatic heterocycles. The van der Waals surface area contributed by atoms with Crippen LogP contribution in [0.1, 0.15) is 27.4 Å².